The van der Waals surface area contributed by atoms with Crippen LogP contribution in [0.25, 0.3) is 0 Å². The molecule has 1 aliphatic heterocycles. The number of carbonyl (C=O) groups is 3. The Morgan fingerprint density at radius 2 is 2.07 bits per heavy atom. The van der Waals surface area contributed by atoms with E-state index >= 15 is 0 Å². The van der Waals surface area contributed by atoms with Gasteiger partial charge < -0.3 is 11.1 Å². The number of nitrogens with one attached hydrogen (secondary N) is 1. The summed E-state index contributed by atoms with van der Waals surface area (Å²) in [5.74, 6) is -1.85. The highest BCUT2D eigenvalue weighted by Gasteiger charge is 2.20. The van der Waals surface area contributed by atoms with Crippen LogP contribution < -0.4 is 11.1 Å². The molecule has 0 bridgehead atoms. The Bertz CT molecular complexity index is 480. The maximum atomic E-state index is 11.2. The average molecular weight is 204 g/mol. The average Bonchev–Trinajstić information content (AvgIpc) is 2.55. The van der Waals surface area contributed by atoms with E-state index < -0.39 is 11.7 Å². The monoisotopic (exact) mass is 204 g/mol. The molecule has 0 saturated heterocycles. The lowest BCUT2D eigenvalue weighted by Gasteiger charge is -2.00. The van der Waals surface area contributed by atoms with E-state index in [1.165, 1.54) is 12.1 Å². The Morgan fingerprint density at radius 1 is 1.33 bits per heavy atom. The molecule has 0 radical (unpaired) electrons. The second-order valence-corrected chi connectivity index (χ2v) is 3.29. The predicted octanol–water partition coefficient (Wildman–Crippen LogP) is -0.151. The first kappa shape index (κ1) is 9.39. The van der Waals surface area contributed by atoms with Crippen molar-refractivity contribution in [1.29, 1.82) is 0 Å². The quantitative estimate of drug-likeness (QED) is 0.518. The van der Waals surface area contributed by atoms with Crippen molar-refractivity contribution < 1.29 is 14.4 Å². The van der Waals surface area contributed by atoms with Crippen LogP contribution in [0, 0.1) is 0 Å². The minimum atomic E-state index is -0.993. The van der Waals surface area contributed by atoms with Crippen LogP contribution in [-0.2, 0) is 16.0 Å². The second kappa shape index (κ2) is 3.20. The van der Waals surface area contributed by atoms with Gasteiger partial charge in [0, 0.05) is 11.3 Å². The van der Waals surface area contributed by atoms with E-state index in [4.69, 9.17) is 5.73 Å². The summed E-state index contributed by atoms with van der Waals surface area (Å²) in [5, 5.41) is 2.63. The van der Waals surface area contributed by atoms with Crippen LogP contribution in [0.4, 0.5) is 5.69 Å². The molecule has 5 heteroatoms. The fraction of sp³-hybridized carbons (Fsp3) is 0.100. The molecule has 0 unspecified atom stereocenters. The van der Waals surface area contributed by atoms with Crippen LogP contribution in [0.2, 0.25) is 0 Å². The van der Waals surface area contributed by atoms with E-state index in [1.54, 1.807) is 6.07 Å². The van der Waals surface area contributed by atoms with Crippen LogP contribution >= 0.6 is 0 Å². The minimum absolute atomic E-state index is 0.117. The Labute approximate surface area is 85.3 Å². The van der Waals surface area contributed by atoms with E-state index in [0.717, 1.165) is 0 Å². The number of benzene rings is 1. The van der Waals surface area contributed by atoms with E-state index in [2.05, 4.69) is 5.32 Å². The molecule has 5 nitrogen and oxygen atoms in total. The van der Waals surface area contributed by atoms with Crippen molar-refractivity contribution in [3.05, 3.63) is 29.3 Å². The lowest BCUT2D eigenvalue weighted by atomic mass is 10.1. The largest absolute Gasteiger partial charge is 0.363 e. The van der Waals surface area contributed by atoms with Gasteiger partial charge in [0.15, 0.2) is 0 Å². The number of nitrogens with two attached hydrogens (primary N) is 1. The Hall–Kier alpha value is -2.17. The molecule has 76 valence electrons. The van der Waals surface area contributed by atoms with E-state index in [1.807, 2.05) is 0 Å². The molecule has 0 spiro atoms. The molecule has 2 rings (SSSR count). The van der Waals surface area contributed by atoms with Crippen LogP contribution in [-0.4, -0.2) is 17.6 Å². The number of hydrogen-bond acceptors (Lipinski definition) is 3. The molecule has 0 atom stereocenters. The maximum Gasteiger partial charge on any atom is 0.289 e. The molecule has 0 aliphatic carbocycles. The number of ketones is 1. The lowest BCUT2D eigenvalue weighted by molar-refractivity contribution is -0.115. The van der Waals surface area contributed by atoms with Crippen molar-refractivity contribution in [3.63, 3.8) is 0 Å². The van der Waals surface area contributed by atoms with Gasteiger partial charge in [-0.05, 0) is 23.8 Å². The third-order valence-corrected chi connectivity index (χ3v) is 2.22. The number of Topliss-reactive ketones (excluding diaryl/α,β-unsaturated/α-hetero) is 1. The number of anilines is 1. The smallest absolute Gasteiger partial charge is 0.289 e. The van der Waals surface area contributed by atoms with Gasteiger partial charge in [-0.2, -0.15) is 0 Å². The summed E-state index contributed by atoms with van der Waals surface area (Å²) in [4.78, 5) is 32.9. The number of carbonyl (C=O) groups excluding carboxylic acids is 3. The number of fused-ring (bicyclic) bond motifs is 1. The molecule has 0 fully saturated rings. The predicted molar refractivity (Wildman–Crippen MR) is 52.3 cm³/mol. The normalized spacial score (nSPS) is 13.2. The zero-order valence-electron chi connectivity index (χ0n) is 7.74. The van der Waals surface area contributed by atoms with Crippen molar-refractivity contribution in [1.82, 2.24) is 0 Å². The number of rotatable bonds is 2. The molecule has 15 heavy (non-hydrogen) atoms. The summed E-state index contributed by atoms with van der Waals surface area (Å²) in [6.45, 7) is 0. The molecule has 0 aromatic heterocycles. The van der Waals surface area contributed by atoms with Gasteiger partial charge in [0.2, 0.25) is 11.7 Å². The summed E-state index contributed by atoms with van der Waals surface area (Å²) in [7, 11) is 0. The van der Waals surface area contributed by atoms with Gasteiger partial charge in [0.25, 0.3) is 5.91 Å². The van der Waals surface area contributed by atoms with Gasteiger partial charge in [0.05, 0.1) is 6.42 Å². The highest BCUT2D eigenvalue weighted by Crippen LogP contribution is 2.23. The summed E-state index contributed by atoms with van der Waals surface area (Å²) >= 11 is 0. The molecule has 0 saturated carbocycles. The van der Waals surface area contributed by atoms with Crippen LogP contribution in [0.15, 0.2) is 18.2 Å². The minimum Gasteiger partial charge on any atom is -0.363 e. The van der Waals surface area contributed by atoms with Crippen molar-refractivity contribution in [2.24, 2.45) is 5.73 Å². The number of hydrogen-bond donors (Lipinski definition) is 2. The first-order valence-corrected chi connectivity index (χ1v) is 4.35. The zero-order chi connectivity index (χ0) is 11.0. The number of amides is 2. The van der Waals surface area contributed by atoms with Crippen LogP contribution in [0.1, 0.15) is 15.9 Å². The molecule has 1 aromatic carbocycles. The molecule has 3 N–H and O–H groups in total. The summed E-state index contributed by atoms with van der Waals surface area (Å²) < 4.78 is 0. The van der Waals surface area contributed by atoms with Crippen LogP contribution in [0.5, 0.6) is 0 Å². The van der Waals surface area contributed by atoms with Crippen molar-refractivity contribution in [2.45, 2.75) is 6.42 Å². The van der Waals surface area contributed by atoms with E-state index in [9.17, 15) is 14.4 Å². The van der Waals surface area contributed by atoms with Gasteiger partial charge >= 0.3 is 0 Å². The van der Waals surface area contributed by atoms with Crippen molar-refractivity contribution in [3.8, 4) is 0 Å². The van der Waals surface area contributed by atoms with E-state index in [0.29, 0.717) is 11.3 Å². The second-order valence-electron chi connectivity index (χ2n) is 3.29. The Morgan fingerprint density at radius 3 is 2.73 bits per heavy atom. The SMILES string of the molecule is NC(=O)C(=O)c1ccc2c(c1)CC(=O)N2. The van der Waals surface area contributed by atoms with Gasteiger partial charge in [-0.3, -0.25) is 14.4 Å². The zero-order valence-corrected chi connectivity index (χ0v) is 7.74. The maximum absolute atomic E-state index is 11.2. The molecular weight excluding hydrogens is 196 g/mol. The molecule has 1 heterocycles. The topological polar surface area (TPSA) is 89.3 Å². The molecular formula is C10H8N2O3. The van der Waals surface area contributed by atoms with Gasteiger partial charge in [-0.15, -0.1) is 0 Å². The summed E-state index contributed by atoms with van der Waals surface area (Å²) in [6, 6.07) is 4.58. The molecule has 2 amide bonds. The summed E-state index contributed by atoms with van der Waals surface area (Å²) in [6.07, 6.45) is 0.231. The lowest BCUT2D eigenvalue weighted by Crippen LogP contribution is -2.23. The number of primary amides is 1. The molecule has 1 aliphatic rings. The highest BCUT2D eigenvalue weighted by atomic mass is 16.2. The standard InChI is InChI=1S/C10H8N2O3/c11-10(15)9(14)5-1-2-7-6(3-5)4-8(13)12-7/h1-3H,4H2,(H2,11,15)(H,12,13). The van der Waals surface area contributed by atoms with E-state index in [-0.39, 0.29) is 17.9 Å². The summed E-state index contributed by atoms with van der Waals surface area (Å²) in [5.41, 5.74) is 6.49. The van der Waals surface area contributed by atoms with Gasteiger partial charge in [-0.25, -0.2) is 0 Å². The third-order valence-electron chi connectivity index (χ3n) is 2.22. The molecule has 1 aromatic rings. The van der Waals surface area contributed by atoms with Crippen molar-refractivity contribution in [2.75, 3.05) is 5.32 Å². The Balaban J connectivity index is 2.39. The fourth-order valence-electron chi connectivity index (χ4n) is 1.51. The first-order chi connectivity index (χ1) is 7.08. The van der Waals surface area contributed by atoms with Crippen LogP contribution in [0.3, 0.4) is 0 Å². The van der Waals surface area contributed by atoms with Gasteiger partial charge in [0.1, 0.15) is 0 Å². The fourth-order valence-corrected chi connectivity index (χ4v) is 1.51. The highest BCUT2D eigenvalue weighted by molar-refractivity contribution is 6.42. The van der Waals surface area contributed by atoms with Crippen molar-refractivity contribution >= 4 is 23.3 Å². The first-order valence-electron chi connectivity index (χ1n) is 4.35. The Kier molecular flexibility index (Phi) is 2.00. The van der Waals surface area contributed by atoms with Gasteiger partial charge in [-0.1, -0.05) is 0 Å². The third kappa shape index (κ3) is 1.59.